The lowest BCUT2D eigenvalue weighted by Crippen LogP contribution is -2.39. The molecule has 0 spiro atoms. The molecule has 0 aromatic heterocycles. The molecule has 2 rings (SSSR count). The topological polar surface area (TPSA) is 70.2 Å². The van der Waals surface area contributed by atoms with Gasteiger partial charge >= 0.3 is 0 Å². The molecule has 6 heteroatoms. The first-order chi connectivity index (χ1) is 9.99. The van der Waals surface area contributed by atoms with Crippen LogP contribution in [0.4, 0.5) is 0 Å². The fourth-order valence-electron chi connectivity index (χ4n) is 2.68. The molecule has 1 saturated heterocycles. The maximum absolute atomic E-state index is 11.8. The van der Waals surface area contributed by atoms with Gasteiger partial charge in [-0.3, -0.25) is 0 Å². The van der Waals surface area contributed by atoms with Gasteiger partial charge in [0.05, 0.1) is 0 Å². The molecule has 1 atom stereocenters. The van der Waals surface area contributed by atoms with Gasteiger partial charge in [0.2, 0.25) is 0 Å². The Bertz CT molecular complexity index is 525. The summed E-state index contributed by atoms with van der Waals surface area (Å²) in [4.78, 5) is 0. The van der Waals surface area contributed by atoms with E-state index in [-0.39, 0.29) is 5.54 Å². The fourth-order valence-corrected chi connectivity index (χ4v) is 3.55. The maximum atomic E-state index is 11.8. The molecular weight excluding hydrogens is 286 g/mol. The molecule has 118 valence electrons. The van der Waals surface area contributed by atoms with E-state index in [0.29, 0.717) is 13.1 Å². The van der Waals surface area contributed by atoms with Crippen LogP contribution in [0.2, 0.25) is 0 Å². The van der Waals surface area contributed by atoms with Crippen molar-refractivity contribution in [1.82, 2.24) is 14.8 Å². The maximum Gasteiger partial charge on any atom is 0.277 e. The molecule has 1 aromatic carbocycles. The zero-order chi connectivity index (χ0) is 15.2. The zero-order valence-corrected chi connectivity index (χ0v) is 13.4. The van der Waals surface area contributed by atoms with Crippen LogP contribution in [0.25, 0.3) is 0 Å². The van der Waals surface area contributed by atoms with Gasteiger partial charge in [-0.2, -0.15) is 13.1 Å². The minimum atomic E-state index is -3.42. The number of hydrogen-bond donors (Lipinski definition) is 3. The average molecular weight is 311 g/mol. The quantitative estimate of drug-likeness (QED) is 0.638. The van der Waals surface area contributed by atoms with Gasteiger partial charge in [0.1, 0.15) is 0 Å². The lowest BCUT2D eigenvalue weighted by atomic mass is 9.94. The summed E-state index contributed by atoms with van der Waals surface area (Å²) in [5.41, 5.74) is 1.13. The van der Waals surface area contributed by atoms with Crippen LogP contribution in [-0.2, 0) is 16.8 Å². The second-order valence-corrected chi connectivity index (χ2v) is 7.48. The van der Waals surface area contributed by atoms with E-state index in [1.54, 1.807) is 0 Å². The van der Waals surface area contributed by atoms with E-state index in [2.05, 4.69) is 21.7 Å². The standard InChI is InChI=1S/C15H25N3O2S/c1-15(9-5-11-16-15)10-6-12-17-21(19,20)18-13-14-7-3-2-4-8-14/h2-4,7-8,16-18H,5-6,9-13H2,1H3/t15-/m0/s1. The lowest BCUT2D eigenvalue weighted by molar-refractivity contribution is 0.373. The van der Waals surface area contributed by atoms with E-state index in [4.69, 9.17) is 0 Å². The van der Waals surface area contributed by atoms with Crippen molar-refractivity contribution < 1.29 is 8.42 Å². The second-order valence-electron chi connectivity index (χ2n) is 5.90. The summed E-state index contributed by atoms with van der Waals surface area (Å²) in [7, 11) is -3.42. The highest BCUT2D eigenvalue weighted by atomic mass is 32.2. The molecule has 0 bridgehead atoms. The zero-order valence-electron chi connectivity index (χ0n) is 12.6. The van der Waals surface area contributed by atoms with Gasteiger partial charge in [-0.15, -0.1) is 0 Å². The molecule has 0 unspecified atom stereocenters. The summed E-state index contributed by atoms with van der Waals surface area (Å²) in [6, 6.07) is 9.50. The van der Waals surface area contributed by atoms with Crippen LogP contribution in [0, 0.1) is 0 Å². The monoisotopic (exact) mass is 311 g/mol. The minimum absolute atomic E-state index is 0.183. The van der Waals surface area contributed by atoms with Gasteiger partial charge in [-0.05, 0) is 44.7 Å². The third kappa shape index (κ3) is 5.74. The molecular formula is C15H25N3O2S. The lowest BCUT2D eigenvalue weighted by Gasteiger charge is -2.24. The van der Waals surface area contributed by atoms with Crippen LogP contribution in [-0.4, -0.2) is 27.0 Å². The van der Waals surface area contributed by atoms with Gasteiger partial charge in [0, 0.05) is 18.6 Å². The Balaban J connectivity index is 1.67. The van der Waals surface area contributed by atoms with Gasteiger partial charge in [-0.1, -0.05) is 30.3 Å². The molecule has 0 saturated carbocycles. The van der Waals surface area contributed by atoms with Crippen LogP contribution < -0.4 is 14.8 Å². The largest absolute Gasteiger partial charge is 0.312 e. The molecule has 21 heavy (non-hydrogen) atoms. The first-order valence-corrected chi connectivity index (χ1v) is 9.01. The third-order valence-corrected chi connectivity index (χ3v) is 5.07. The van der Waals surface area contributed by atoms with Crippen molar-refractivity contribution in [3.8, 4) is 0 Å². The molecule has 0 aliphatic carbocycles. The molecule has 1 aromatic rings. The Hall–Kier alpha value is -0.950. The third-order valence-electron chi connectivity index (χ3n) is 3.96. The number of benzene rings is 1. The van der Waals surface area contributed by atoms with E-state index in [9.17, 15) is 8.42 Å². The Kier molecular flexibility index (Phi) is 5.75. The first-order valence-electron chi connectivity index (χ1n) is 7.52. The van der Waals surface area contributed by atoms with Crippen molar-refractivity contribution >= 4 is 10.2 Å². The number of nitrogens with one attached hydrogen (secondary N) is 3. The number of rotatable bonds is 8. The van der Waals surface area contributed by atoms with Gasteiger partial charge in [-0.25, -0.2) is 4.72 Å². The van der Waals surface area contributed by atoms with Gasteiger partial charge in [0.25, 0.3) is 10.2 Å². The molecule has 3 N–H and O–H groups in total. The van der Waals surface area contributed by atoms with Crippen molar-refractivity contribution in [2.24, 2.45) is 0 Å². The van der Waals surface area contributed by atoms with Crippen molar-refractivity contribution in [2.45, 2.75) is 44.7 Å². The molecule has 0 amide bonds. The summed E-state index contributed by atoms with van der Waals surface area (Å²) < 4.78 is 28.8. The Morgan fingerprint density at radius 3 is 2.67 bits per heavy atom. The normalized spacial score (nSPS) is 22.5. The molecule has 5 nitrogen and oxygen atoms in total. The fraction of sp³-hybridized carbons (Fsp3) is 0.600. The number of hydrogen-bond acceptors (Lipinski definition) is 3. The summed E-state index contributed by atoms with van der Waals surface area (Å²) in [6.07, 6.45) is 4.22. The van der Waals surface area contributed by atoms with Crippen LogP contribution in [0.15, 0.2) is 30.3 Å². The average Bonchev–Trinajstić information content (AvgIpc) is 2.90. The van der Waals surface area contributed by atoms with Crippen molar-refractivity contribution in [2.75, 3.05) is 13.1 Å². The highest BCUT2D eigenvalue weighted by molar-refractivity contribution is 7.87. The smallest absolute Gasteiger partial charge is 0.277 e. The second kappa shape index (κ2) is 7.35. The van der Waals surface area contributed by atoms with Crippen LogP contribution in [0.3, 0.4) is 0 Å². The molecule has 1 aliphatic rings. The van der Waals surface area contributed by atoms with Gasteiger partial charge < -0.3 is 5.32 Å². The highest BCUT2D eigenvalue weighted by Gasteiger charge is 2.27. The summed E-state index contributed by atoms with van der Waals surface area (Å²) in [6.45, 7) is 4.07. The summed E-state index contributed by atoms with van der Waals surface area (Å²) in [5, 5.41) is 3.48. The first kappa shape index (κ1) is 16.4. The van der Waals surface area contributed by atoms with E-state index in [0.717, 1.165) is 24.9 Å². The van der Waals surface area contributed by atoms with Crippen LogP contribution in [0.5, 0.6) is 0 Å². The molecule has 1 aliphatic heterocycles. The van der Waals surface area contributed by atoms with E-state index in [1.165, 1.54) is 12.8 Å². The highest BCUT2D eigenvalue weighted by Crippen LogP contribution is 2.23. The predicted molar refractivity (Wildman–Crippen MR) is 85.1 cm³/mol. The minimum Gasteiger partial charge on any atom is -0.312 e. The Morgan fingerprint density at radius 2 is 2.00 bits per heavy atom. The Labute approximate surface area is 127 Å². The molecule has 1 fully saturated rings. The molecule has 0 radical (unpaired) electrons. The van der Waals surface area contributed by atoms with Crippen LogP contribution >= 0.6 is 0 Å². The summed E-state index contributed by atoms with van der Waals surface area (Å²) >= 11 is 0. The predicted octanol–water partition coefficient (Wildman–Crippen LogP) is 1.53. The SMILES string of the molecule is C[C@@]1(CCCNS(=O)(=O)NCc2ccccc2)CCCN1. The van der Waals surface area contributed by atoms with Gasteiger partial charge in [0.15, 0.2) is 0 Å². The van der Waals surface area contributed by atoms with E-state index >= 15 is 0 Å². The van der Waals surface area contributed by atoms with Crippen molar-refractivity contribution in [1.29, 1.82) is 0 Å². The van der Waals surface area contributed by atoms with E-state index < -0.39 is 10.2 Å². The van der Waals surface area contributed by atoms with Crippen LogP contribution in [0.1, 0.15) is 38.2 Å². The van der Waals surface area contributed by atoms with E-state index in [1.807, 2.05) is 30.3 Å². The molecule has 1 heterocycles. The van der Waals surface area contributed by atoms with Crippen molar-refractivity contribution in [3.63, 3.8) is 0 Å². The Morgan fingerprint density at radius 1 is 1.24 bits per heavy atom. The summed E-state index contributed by atoms with van der Waals surface area (Å²) in [5.74, 6) is 0. The van der Waals surface area contributed by atoms with Crippen molar-refractivity contribution in [3.05, 3.63) is 35.9 Å².